The van der Waals surface area contributed by atoms with Crippen molar-refractivity contribution in [2.24, 2.45) is 0 Å². The maximum Gasteiger partial charge on any atom is 0.244 e. The molecule has 1 amide bonds. The van der Waals surface area contributed by atoms with Gasteiger partial charge in [-0.1, -0.05) is 53.3 Å². The molecule has 1 heterocycles. The minimum Gasteiger partial charge on any atom is -0.282 e. The molecule has 1 aromatic heterocycles. The summed E-state index contributed by atoms with van der Waals surface area (Å²) in [4.78, 5) is 19.2. The van der Waals surface area contributed by atoms with Gasteiger partial charge in [0.25, 0.3) is 0 Å². The maximum absolute atomic E-state index is 13.0. The van der Waals surface area contributed by atoms with Crippen LogP contribution in [0, 0.1) is 6.92 Å². The van der Waals surface area contributed by atoms with E-state index in [-0.39, 0.29) is 12.5 Å². The van der Waals surface area contributed by atoms with Gasteiger partial charge in [-0.3, -0.25) is 9.69 Å². The van der Waals surface area contributed by atoms with Crippen LogP contribution in [0.5, 0.6) is 0 Å². The first kappa shape index (κ1) is 20.7. The highest BCUT2D eigenvalue weighted by atomic mass is 35.5. The Morgan fingerprint density at radius 2 is 1.89 bits per heavy atom. The summed E-state index contributed by atoms with van der Waals surface area (Å²) in [6.07, 6.45) is 1.07. The number of rotatable bonds is 6. The molecule has 28 heavy (non-hydrogen) atoms. The molecule has 0 saturated heterocycles. The molecule has 6 nitrogen and oxygen atoms in total. The predicted molar refractivity (Wildman–Crippen MR) is 114 cm³/mol. The number of nitrogens with zero attached hydrogens (tertiary/aromatic N) is 3. The van der Waals surface area contributed by atoms with Gasteiger partial charge >= 0.3 is 0 Å². The lowest BCUT2D eigenvalue weighted by Gasteiger charge is -2.22. The summed E-state index contributed by atoms with van der Waals surface area (Å²) >= 11 is 7.51. The number of hydrogen-bond donors (Lipinski definition) is 0. The second-order valence-electron chi connectivity index (χ2n) is 6.55. The number of thiazole rings is 1. The van der Waals surface area contributed by atoms with Crippen LogP contribution in [-0.2, 0) is 21.4 Å². The lowest BCUT2D eigenvalue weighted by atomic mass is 10.2. The minimum atomic E-state index is -3.47. The number of carbonyl (C=O) groups excluding carboxylic acids is 1. The molecule has 0 fully saturated rings. The largest absolute Gasteiger partial charge is 0.282 e. The number of amides is 1. The SMILES string of the molecule is Cc1cc(Cl)cc2sc(N(Cc3ccccc3)C(=O)CN(C)S(C)(=O)=O)nc12. The van der Waals surface area contributed by atoms with Crippen LogP contribution in [-0.4, -0.2) is 43.5 Å². The molecule has 0 bridgehead atoms. The summed E-state index contributed by atoms with van der Waals surface area (Å²) in [5.74, 6) is -0.348. The summed E-state index contributed by atoms with van der Waals surface area (Å²) in [6.45, 7) is 1.95. The van der Waals surface area contributed by atoms with Crippen molar-refractivity contribution in [1.29, 1.82) is 0 Å². The fourth-order valence-corrected chi connectivity index (χ4v) is 4.46. The van der Waals surface area contributed by atoms with Crippen molar-refractivity contribution in [2.75, 3.05) is 24.7 Å². The van der Waals surface area contributed by atoms with E-state index in [1.54, 1.807) is 0 Å². The highest BCUT2D eigenvalue weighted by molar-refractivity contribution is 7.88. The van der Waals surface area contributed by atoms with E-state index in [9.17, 15) is 13.2 Å². The smallest absolute Gasteiger partial charge is 0.244 e. The van der Waals surface area contributed by atoms with Gasteiger partial charge in [-0.25, -0.2) is 13.4 Å². The molecule has 148 valence electrons. The van der Waals surface area contributed by atoms with E-state index < -0.39 is 10.0 Å². The lowest BCUT2D eigenvalue weighted by Crippen LogP contribution is -2.40. The molecule has 0 spiro atoms. The van der Waals surface area contributed by atoms with E-state index >= 15 is 0 Å². The van der Waals surface area contributed by atoms with Crippen molar-refractivity contribution in [2.45, 2.75) is 13.5 Å². The van der Waals surface area contributed by atoms with Crippen LogP contribution >= 0.6 is 22.9 Å². The number of benzene rings is 2. The first-order valence-corrected chi connectivity index (χ1v) is 11.5. The number of aryl methyl sites for hydroxylation is 1. The van der Waals surface area contributed by atoms with Crippen molar-refractivity contribution >= 4 is 54.2 Å². The zero-order chi connectivity index (χ0) is 20.5. The highest BCUT2D eigenvalue weighted by Gasteiger charge is 2.24. The van der Waals surface area contributed by atoms with Gasteiger partial charge in [0.2, 0.25) is 15.9 Å². The number of hydrogen-bond acceptors (Lipinski definition) is 5. The third-order valence-electron chi connectivity index (χ3n) is 4.28. The molecule has 0 saturated carbocycles. The summed E-state index contributed by atoms with van der Waals surface area (Å²) in [5.41, 5.74) is 2.63. The van der Waals surface area contributed by atoms with Crippen LogP contribution in [0.25, 0.3) is 10.2 Å². The van der Waals surface area contributed by atoms with Gasteiger partial charge < -0.3 is 0 Å². The van der Waals surface area contributed by atoms with Gasteiger partial charge in [-0.05, 0) is 30.2 Å². The average Bonchev–Trinajstić information content (AvgIpc) is 3.03. The Morgan fingerprint density at radius 3 is 2.54 bits per heavy atom. The Bertz CT molecular complexity index is 1110. The van der Waals surface area contributed by atoms with Gasteiger partial charge in [0.15, 0.2) is 5.13 Å². The van der Waals surface area contributed by atoms with Crippen LogP contribution in [0.2, 0.25) is 5.02 Å². The van der Waals surface area contributed by atoms with Crippen molar-refractivity contribution in [1.82, 2.24) is 9.29 Å². The molecule has 3 rings (SSSR count). The van der Waals surface area contributed by atoms with Crippen LogP contribution in [0.4, 0.5) is 5.13 Å². The molecule has 0 aliphatic rings. The number of fused-ring (bicyclic) bond motifs is 1. The zero-order valence-corrected chi connectivity index (χ0v) is 18.1. The Balaban J connectivity index is 2.00. The summed E-state index contributed by atoms with van der Waals surface area (Å²) < 4.78 is 25.4. The van der Waals surface area contributed by atoms with Crippen LogP contribution in [0.15, 0.2) is 42.5 Å². The van der Waals surface area contributed by atoms with Crippen LogP contribution in [0.1, 0.15) is 11.1 Å². The molecule has 0 aliphatic heterocycles. The fraction of sp³-hybridized carbons (Fsp3) is 0.263. The number of aromatic nitrogens is 1. The Hall–Kier alpha value is -2.00. The van der Waals surface area contributed by atoms with Gasteiger partial charge in [-0.15, -0.1) is 0 Å². The quantitative estimate of drug-likeness (QED) is 0.589. The summed E-state index contributed by atoms with van der Waals surface area (Å²) in [7, 11) is -2.09. The molecule has 0 unspecified atom stereocenters. The maximum atomic E-state index is 13.0. The Labute approximate surface area is 173 Å². The van der Waals surface area contributed by atoms with Gasteiger partial charge in [0.1, 0.15) is 0 Å². The van der Waals surface area contributed by atoms with E-state index in [0.717, 1.165) is 31.9 Å². The zero-order valence-electron chi connectivity index (χ0n) is 15.7. The number of halogens is 1. The highest BCUT2D eigenvalue weighted by Crippen LogP contribution is 2.33. The molecular weight excluding hydrogens is 418 g/mol. The van der Waals surface area contributed by atoms with Crippen molar-refractivity contribution in [3.05, 3.63) is 58.6 Å². The summed E-state index contributed by atoms with van der Waals surface area (Å²) in [5, 5.41) is 1.12. The predicted octanol–water partition coefficient (Wildman–Crippen LogP) is 3.68. The standard InChI is InChI=1S/C19H20ClN3O3S2/c1-13-9-15(20)10-16-18(13)21-19(27-16)23(11-14-7-5-4-6-8-14)17(24)12-22(2)28(3,25)26/h4-10H,11-12H2,1-3H3. The molecule has 2 aromatic carbocycles. The number of likely N-dealkylation sites (N-methyl/N-ethyl adjacent to an activating group) is 1. The van der Waals surface area contributed by atoms with Crippen molar-refractivity contribution in [3.8, 4) is 0 Å². The number of sulfonamides is 1. The molecule has 9 heteroatoms. The number of carbonyl (C=O) groups is 1. The second kappa shape index (κ2) is 8.16. The van der Waals surface area contributed by atoms with E-state index in [0.29, 0.717) is 16.7 Å². The van der Waals surface area contributed by atoms with Crippen molar-refractivity contribution in [3.63, 3.8) is 0 Å². The fourth-order valence-electron chi connectivity index (χ4n) is 2.68. The first-order chi connectivity index (χ1) is 13.1. The molecule has 0 radical (unpaired) electrons. The average molecular weight is 438 g/mol. The second-order valence-corrected chi connectivity index (χ2v) is 10.1. The summed E-state index contributed by atoms with van der Waals surface area (Å²) in [6, 6.07) is 13.2. The molecule has 0 atom stereocenters. The third kappa shape index (κ3) is 4.70. The third-order valence-corrected chi connectivity index (χ3v) is 6.78. The molecule has 0 aliphatic carbocycles. The lowest BCUT2D eigenvalue weighted by molar-refractivity contribution is -0.118. The van der Waals surface area contributed by atoms with Crippen LogP contribution < -0.4 is 4.90 Å². The van der Waals surface area contributed by atoms with E-state index in [1.807, 2.05) is 49.4 Å². The monoisotopic (exact) mass is 437 g/mol. The van der Waals surface area contributed by atoms with Gasteiger partial charge in [-0.2, -0.15) is 4.31 Å². The minimum absolute atomic E-state index is 0.263. The van der Waals surface area contributed by atoms with Crippen LogP contribution in [0.3, 0.4) is 0 Å². The molecule has 3 aromatic rings. The van der Waals surface area contributed by atoms with Crippen molar-refractivity contribution < 1.29 is 13.2 Å². The normalized spacial score (nSPS) is 11.9. The number of anilines is 1. The van der Waals surface area contributed by atoms with Gasteiger partial charge in [0.05, 0.1) is 29.6 Å². The topological polar surface area (TPSA) is 70.6 Å². The van der Waals surface area contributed by atoms with E-state index in [2.05, 4.69) is 4.98 Å². The Morgan fingerprint density at radius 1 is 1.21 bits per heavy atom. The first-order valence-electron chi connectivity index (χ1n) is 8.47. The Kier molecular flexibility index (Phi) is 6.04. The van der Waals surface area contributed by atoms with E-state index in [1.165, 1.54) is 23.3 Å². The van der Waals surface area contributed by atoms with E-state index in [4.69, 9.17) is 11.6 Å². The molecular formula is C19H20ClN3O3S2. The van der Waals surface area contributed by atoms with Gasteiger partial charge in [0, 0.05) is 12.1 Å². The molecule has 0 N–H and O–H groups in total.